The molecule has 1 aromatic carbocycles. The number of aromatic nitrogens is 2. The molecule has 0 bridgehead atoms. The first-order chi connectivity index (χ1) is 13.3. The van der Waals surface area contributed by atoms with Gasteiger partial charge in [-0.25, -0.2) is 9.98 Å². The van der Waals surface area contributed by atoms with Crippen LogP contribution in [0.15, 0.2) is 59.7 Å². The van der Waals surface area contributed by atoms with Crippen LogP contribution >= 0.6 is 24.0 Å². The number of anilines is 1. The Hall–Kier alpha value is -2.29. The second-order valence-corrected chi connectivity index (χ2v) is 6.71. The van der Waals surface area contributed by atoms with E-state index >= 15 is 0 Å². The van der Waals surface area contributed by atoms with E-state index in [9.17, 15) is 0 Å². The Balaban J connectivity index is 0.00000225. The average Bonchev–Trinajstić information content (AvgIpc) is 3.15. The van der Waals surface area contributed by atoms with Crippen LogP contribution in [0, 0.1) is 0 Å². The zero-order chi connectivity index (χ0) is 18.5. The molecule has 0 atom stereocenters. The van der Waals surface area contributed by atoms with Crippen LogP contribution in [0.5, 0.6) is 0 Å². The quantitative estimate of drug-likeness (QED) is 0.334. The summed E-state index contributed by atoms with van der Waals surface area (Å²) in [5.74, 6) is 2.04. The Bertz CT molecular complexity index is 866. The predicted octanol–water partition coefficient (Wildman–Crippen LogP) is 3.47. The molecule has 1 fully saturated rings. The molecule has 4 rings (SSSR count). The van der Waals surface area contributed by atoms with Gasteiger partial charge in [0.05, 0.1) is 6.54 Å². The Morgan fingerprint density at radius 1 is 1.11 bits per heavy atom. The van der Waals surface area contributed by atoms with Gasteiger partial charge in [-0.05, 0) is 36.6 Å². The van der Waals surface area contributed by atoms with E-state index in [4.69, 9.17) is 4.99 Å². The summed E-state index contributed by atoms with van der Waals surface area (Å²) in [6.45, 7) is 7.41. The van der Waals surface area contributed by atoms with Gasteiger partial charge in [0.25, 0.3) is 0 Å². The number of nitrogens with zero attached hydrogens (tertiary/aromatic N) is 4. The number of hydrogen-bond donors (Lipinski definition) is 2. The Labute approximate surface area is 183 Å². The van der Waals surface area contributed by atoms with Crippen molar-refractivity contribution in [3.05, 3.63) is 60.4 Å². The third-order valence-electron chi connectivity index (χ3n) is 4.87. The first-order valence-corrected chi connectivity index (χ1v) is 9.59. The van der Waals surface area contributed by atoms with Crippen LogP contribution in [-0.2, 0) is 6.54 Å². The average molecular weight is 490 g/mol. The number of aliphatic imine (C=N–C) groups is 1. The molecule has 1 aliphatic heterocycles. The molecule has 2 N–H and O–H groups in total. The molecule has 0 aliphatic carbocycles. The summed E-state index contributed by atoms with van der Waals surface area (Å²) < 4.78 is 0. The van der Waals surface area contributed by atoms with Crippen LogP contribution in [0.4, 0.5) is 5.82 Å². The van der Waals surface area contributed by atoms with E-state index in [1.807, 2.05) is 18.3 Å². The smallest absolute Gasteiger partial charge is 0.194 e. The summed E-state index contributed by atoms with van der Waals surface area (Å²) in [6.07, 6.45) is 1.85. The molecule has 28 heavy (non-hydrogen) atoms. The van der Waals surface area contributed by atoms with Gasteiger partial charge in [0.1, 0.15) is 5.82 Å². The van der Waals surface area contributed by atoms with Crippen molar-refractivity contribution in [1.29, 1.82) is 0 Å². The van der Waals surface area contributed by atoms with Gasteiger partial charge in [0, 0.05) is 50.1 Å². The number of nitrogens with one attached hydrogen (secondary N) is 2. The fourth-order valence-corrected chi connectivity index (χ4v) is 3.49. The van der Waals surface area contributed by atoms with E-state index in [1.54, 1.807) is 0 Å². The van der Waals surface area contributed by atoms with Crippen molar-refractivity contribution in [3.8, 4) is 0 Å². The van der Waals surface area contributed by atoms with Crippen LogP contribution in [0.2, 0.25) is 0 Å². The van der Waals surface area contributed by atoms with Crippen LogP contribution in [-0.4, -0.2) is 53.6 Å². The minimum atomic E-state index is 0. The first kappa shape index (κ1) is 20.4. The zero-order valence-corrected chi connectivity index (χ0v) is 18.5. The number of guanidine groups is 1. The lowest BCUT2D eigenvalue weighted by molar-refractivity contribution is 0.371. The first-order valence-electron chi connectivity index (χ1n) is 9.59. The normalized spacial score (nSPS) is 14.8. The van der Waals surface area contributed by atoms with Crippen molar-refractivity contribution in [3.63, 3.8) is 0 Å². The number of aromatic amines is 1. The summed E-state index contributed by atoms with van der Waals surface area (Å²) in [5, 5.41) is 4.67. The molecule has 3 aromatic rings. The SMILES string of the molecule is CCNC(=NCc1cc2ccccc2[nH]1)N1CCN(c2ccccn2)CC1.I. The molecule has 148 valence electrons. The third kappa shape index (κ3) is 4.76. The molecule has 0 saturated carbocycles. The van der Waals surface area contributed by atoms with Crippen molar-refractivity contribution in [2.75, 3.05) is 37.6 Å². The van der Waals surface area contributed by atoms with Gasteiger partial charge in [-0.2, -0.15) is 0 Å². The van der Waals surface area contributed by atoms with Gasteiger partial charge in [-0.15, -0.1) is 24.0 Å². The second kappa shape index (κ2) is 9.77. The number of benzene rings is 1. The maximum absolute atomic E-state index is 4.87. The highest BCUT2D eigenvalue weighted by Gasteiger charge is 2.20. The molecular weight excluding hydrogens is 463 g/mol. The molecule has 2 aromatic heterocycles. The predicted molar refractivity (Wildman–Crippen MR) is 127 cm³/mol. The largest absolute Gasteiger partial charge is 0.357 e. The number of rotatable bonds is 4. The lowest BCUT2D eigenvalue weighted by Gasteiger charge is -2.37. The van der Waals surface area contributed by atoms with Crippen LogP contribution in [0.3, 0.4) is 0 Å². The number of pyridine rings is 1. The fraction of sp³-hybridized carbons (Fsp3) is 0.333. The van der Waals surface area contributed by atoms with Gasteiger partial charge in [0.2, 0.25) is 0 Å². The Kier molecular flexibility index (Phi) is 7.13. The van der Waals surface area contributed by atoms with E-state index in [0.29, 0.717) is 6.54 Å². The molecule has 1 aliphatic rings. The highest BCUT2D eigenvalue weighted by molar-refractivity contribution is 14.0. The van der Waals surface area contributed by atoms with E-state index < -0.39 is 0 Å². The summed E-state index contributed by atoms with van der Waals surface area (Å²) in [6, 6.07) is 16.6. The molecule has 6 nitrogen and oxygen atoms in total. The molecule has 0 radical (unpaired) electrons. The summed E-state index contributed by atoms with van der Waals surface area (Å²) in [5.41, 5.74) is 2.30. The standard InChI is InChI=1S/C21H26N6.HI/c1-2-22-21(24-16-18-15-17-7-3-4-8-19(17)25-18)27-13-11-26(12-14-27)20-9-5-6-10-23-20;/h3-10,15,25H,2,11-14,16H2,1H3,(H,22,24);1H. The number of para-hydroxylation sites is 1. The van der Waals surface area contributed by atoms with E-state index in [1.165, 1.54) is 5.39 Å². The van der Waals surface area contributed by atoms with Crippen LogP contribution in [0.25, 0.3) is 10.9 Å². The molecule has 0 unspecified atom stereocenters. The molecule has 0 spiro atoms. The highest BCUT2D eigenvalue weighted by atomic mass is 127. The van der Waals surface area contributed by atoms with Gasteiger partial charge in [-0.3, -0.25) is 0 Å². The third-order valence-corrected chi connectivity index (χ3v) is 4.87. The minimum absolute atomic E-state index is 0. The maximum Gasteiger partial charge on any atom is 0.194 e. The Morgan fingerprint density at radius 2 is 1.89 bits per heavy atom. The van der Waals surface area contributed by atoms with Crippen molar-refractivity contribution >= 4 is 46.7 Å². The number of hydrogen-bond acceptors (Lipinski definition) is 3. The van der Waals surface area contributed by atoms with Crippen molar-refractivity contribution in [2.24, 2.45) is 4.99 Å². The van der Waals surface area contributed by atoms with E-state index in [-0.39, 0.29) is 24.0 Å². The van der Waals surface area contributed by atoms with Crippen molar-refractivity contribution in [1.82, 2.24) is 20.2 Å². The topological polar surface area (TPSA) is 59.6 Å². The van der Waals surface area contributed by atoms with Crippen LogP contribution < -0.4 is 10.2 Å². The fourth-order valence-electron chi connectivity index (χ4n) is 3.49. The zero-order valence-electron chi connectivity index (χ0n) is 16.1. The summed E-state index contributed by atoms with van der Waals surface area (Å²) in [4.78, 5) is 17.5. The molecule has 1 saturated heterocycles. The monoisotopic (exact) mass is 490 g/mol. The van der Waals surface area contributed by atoms with Gasteiger partial charge in [-0.1, -0.05) is 24.3 Å². The van der Waals surface area contributed by atoms with Gasteiger partial charge in [0.15, 0.2) is 5.96 Å². The number of halogens is 1. The summed E-state index contributed by atoms with van der Waals surface area (Å²) >= 11 is 0. The van der Waals surface area contributed by atoms with E-state index in [0.717, 1.165) is 55.7 Å². The van der Waals surface area contributed by atoms with Gasteiger partial charge < -0.3 is 20.1 Å². The number of fused-ring (bicyclic) bond motifs is 1. The summed E-state index contributed by atoms with van der Waals surface area (Å²) in [7, 11) is 0. The maximum atomic E-state index is 4.87. The minimum Gasteiger partial charge on any atom is -0.357 e. The van der Waals surface area contributed by atoms with Crippen LogP contribution in [0.1, 0.15) is 12.6 Å². The molecule has 3 heterocycles. The molecule has 7 heteroatoms. The molecule has 0 amide bonds. The lowest BCUT2D eigenvalue weighted by Crippen LogP contribution is -2.52. The lowest BCUT2D eigenvalue weighted by atomic mass is 10.2. The van der Waals surface area contributed by atoms with Crippen molar-refractivity contribution in [2.45, 2.75) is 13.5 Å². The van der Waals surface area contributed by atoms with Gasteiger partial charge >= 0.3 is 0 Å². The highest BCUT2D eigenvalue weighted by Crippen LogP contribution is 2.16. The van der Waals surface area contributed by atoms with E-state index in [2.05, 4.69) is 68.4 Å². The van der Waals surface area contributed by atoms with Crippen molar-refractivity contribution < 1.29 is 0 Å². The number of piperazine rings is 1. The Morgan fingerprint density at radius 3 is 2.61 bits per heavy atom. The second-order valence-electron chi connectivity index (χ2n) is 6.71. The number of H-pyrrole nitrogens is 1. The molecular formula is C21H27IN6.